The molecule has 1 heterocycles. The quantitative estimate of drug-likeness (QED) is 0.878. The summed E-state index contributed by atoms with van der Waals surface area (Å²) < 4.78 is 14.8. The number of nitrogens with one attached hydrogen (secondary N) is 1. The van der Waals surface area contributed by atoms with E-state index in [4.69, 9.17) is 5.11 Å². The molecule has 1 atom stereocenters. The van der Waals surface area contributed by atoms with E-state index < -0.39 is 24.6 Å². The maximum absolute atomic E-state index is 12.7. The second-order valence-corrected chi connectivity index (χ2v) is 5.97. The summed E-state index contributed by atoms with van der Waals surface area (Å²) >= 11 is 0. The van der Waals surface area contributed by atoms with Crippen LogP contribution in [0.15, 0.2) is 6.07 Å². The average molecular weight is 310 g/mol. The van der Waals surface area contributed by atoms with Gasteiger partial charge in [0.2, 0.25) is 0 Å². The summed E-state index contributed by atoms with van der Waals surface area (Å²) in [5.74, 6) is -1.89. The first-order chi connectivity index (χ1) is 10.5. The lowest BCUT2D eigenvalue weighted by Crippen LogP contribution is -2.42. The smallest absolute Gasteiger partial charge is 0.328 e. The van der Waals surface area contributed by atoms with Crippen LogP contribution in [0.1, 0.15) is 59.9 Å². The lowest BCUT2D eigenvalue weighted by molar-refractivity contribution is -0.139. The number of carbonyl (C=O) groups is 2. The van der Waals surface area contributed by atoms with E-state index >= 15 is 0 Å². The zero-order chi connectivity index (χ0) is 16.3. The molecule has 1 aliphatic rings. The van der Waals surface area contributed by atoms with E-state index in [0.717, 1.165) is 24.2 Å². The summed E-state index contributed by atoms with van der Waals surface area (Å²) in [6, 6.07) is 0.660. The van der Waals surface area contributed by atoms with E-state index in [1.807, 2.05) is 13.8 Å². The van der Waals surface area contributed by atoms with Gasteiger partial charge in [-0.05, 0) is 32.8 Å². The SMILES string of the molecule is Cc1cc(C(=O)NC(CF)C(=O)O)c(C)n1C1CCCCC1. The first kappa shape index (κ1) is 16.5. The molecule has 2 rings (SSSR count). The summed E-state index contributed by atoms with van der Waals surface area (Å²) in [4.78, 5) is 23.1. The van der Waals surface area contributed by atoms with E-state index in [2.05, 4.69) is 9.88 Å². The van der Waals surface area contributed by atoms with Gasteiger partial charge in [-0.25, -0.2) is 9.18 Å². The van der Waals surface area contributed by atoms with Crippen LogP contribution in [0.4, 0.5) is 4.39 Å². The lowest BCUT2D eigenvalue weighted by atomic mass is 9.95. The molecule has 1 amide bonds. The molecule has 5 nitrogen and oxygen atoms in total. The van der Waals surface area contributed by atoms with Gasteiger partial charge in [0.05, 0.1) is 5.56 Å². The number of alkyl halides is 1. The highest BCUT2D eigenvalue weighted by atomic mass is 19.1. The number of amides is 1. The molecule has 22 heavy (non-hydrogen) atoms. The van der Waals surface area contributed by atoms with Crippen molar-refractivity contribution in [2.75, 3.05) is 6.67 Å². The van der Waals surface area contributed by atoms with E-state index in [1.165, 1.54) is 19.3 Å². The molecule has 0 saturated heterocycles. The molecular weight excluding hydrogens is 287 g/mol. The van der Waals surface area contributed by atoms with Crippen molar-refractivity contribution in [3.05, 3.63) is 23.0 Å². The van der Waals surface area contributed by atoms with Gasteiger partial charge in [0.15, 0.2) is 6.04 Å². The first-order valence-electron chi connectivity index (χ1n) is 7.73. The van der Waals surface area contributed by atoms with Crippen LogP contribution in [-0.4, -0.2) is 34.3 Å². The Morgan fingerprint density at radius 2 is 2.00 bits per heavy atom. The van der Waals surface area contributed by atoms with Crippen molar-refractivity contribution in [3.8, 4) is 0 Å². The standard InChI is InChI=1S/C16H23FN2O3/c1-10-8-13(15(20)18-14(9-17)16(21)22)11(2)19(10)12-6-4-3-5-7-12/h8,12,14H,3-7,9H2,1-2H3,(H,18,20)(H,21,22). The van der Waals surface area contributed by atoms with Crippen molar-refractivity contribution in [2.24, 2.45) is 0 Å². The second kappa shape index (κ2) is 6.94. The summed E-state index contributed by atoms with van der Waals surface area (Å²) in [6.07, 6.45) is 5.82. The minimum Gasteiger partial charge on any atom is -0.480 e. The Kier molecular flexibility index (Phi) is 5.21. The number of rotatable bonds is 5. The molecular formula is C16H23FN2O3. The van der Waals surface area contributed by atoms with Crippen LogP contribution < -0.4 is 5.32 Å². The number of halogens is 1. The van der Waals surface area contributed by atoms with Gasteiger partial charge in [0.25, 0.3) is 5.91 Å². The molecule has 122 valence electrons. The van der Waals surface area contributed by atoms with E-state index in [1.54, 1.807) is 6.07 Å². The van der Waals surface area contributed by atoms with Gasteiger partial charge >= 0.3 is 5.97 Å². The Morgan fingerprint density at radius 3 is 2.55 bits per heavy atom. The molecule has 1 unspecified atom stereocenters. The van der Waals surface area contributed by atoms with Crippen molar-refractivity contribution in [1.82, 2.24) is 9.88 Å². The number of aliphatic carboxylic acids is 1. The Balaban J connectivity index is 2.21. The molecule has 1 fully saturated rings. The van der Waals surface area contributed by atoms with Crippen LogP contribution in [0.5, 0.6) is 0 Å². The number of aromatic nitrogens is 1. The van der Waals surface area contributed by atoms with Crippen LogP contribution in [-0.2, 0) is 4.79 Å². The highest BCUT2D eigenvalue weighted by Gasteiger charge is 2.25. The molecule has 1 aromatic rings. The number of hydrogen-bond donors (Lipinski definition) is 2. The Bertz CT molecular complexity index is 562. The number of carbonyl (C=O) groups excluding carboxylic acids is 1. The van der Waals surface area contributed by atoms with Crippen molar-refractivity contribution in [1.29, 1.82) is 0 Å². The predicted octanol–water partition coefficient (Wildman–Crippen LogP) is 2.76. The van der Waals surface area contributed by atoms with Crippen molar-refractivity contribution in [3.63, 3.8) is 0 Å². The van der Waals surface area contributed by atoms with Gasteiger partial charge in [0.1, 0.15) is 6.67 Å². The minimum absolute atomic E-state index is 0.395. The second-order valence-electron chi connectivity index (χ2n) is 5.97. The third-order valence-electron chi connectivity index (χ3n) is 4.43. The van der Waals surface area contributed by atoms with Gasteiger partial charge < -0.3 is 15.0 Å². The van der Waals surface area contributed by atoms with Crippen LogP contribution in [0.3, 0.4) is 0 Å². The maximum atomic E-state index is 12.7. The van der Waals surface area contributed by atoms with Crippen molar-refractivity contribution in [2.45, 2.75) is 58.0 Å². The predicted molar refractivity (Wildman–Crippen MR) is 80.9 cm³/mol. The summed E-state index contributed by atoms with van der Waals surface area (Å²) in [7, 11) is 0. The zero-order valence-corrected chi connectivity index (χ0v) is 13.1. The topological polar surface area (TPSA) is 71.3 Å². The van der Waals surface area contributed by atoms with Crippen LogP contribution >= 0.6 is 0 Å². The van der Waals surface area contributed by atoms with E-state index in [-0.39, 0.29) is 0 Å². The third kappa shape index (κ3) is 3.31. The highest BCUT2D eigenvalue weighted by Crippen LogP contribution is 2.32. The molecule has 6 heteroatoms. The maximum Gasteiger partial charge on any atom is 0.328 e. The minimum atomic E-state index is -1.50. The van der Waals surface area contributed by atoms with Gasteiger partial charge in [-0.1, -0.05) is 19.3 Å². The highest BCUT2D eigenvalue weighted by molar-refractivity contribution is 5.97. The van der Waals surface area contributed by atoms with Crippen LogP contribution in [0, 0.1) is 13.8 Å². The van der Waals surface area contributed by atoms with Crippen LogP contribution in [0.25, 0.3) is 0 Å². The lowest BCUT2D eigenvalue weighted by Gasteiger charge is -2.26. The Labute approximate surface area is 129 Å². The Morgan fingerprint density at radius 1 is 1.36 bits per heavy atom. The average Bonchev–Trinajstić information content (AvgIpc) is 2.80. The van der Waals surface area contributed by atoms with Crippen molar-refractivity contribution < 1.29 is 19.1 Å². The zero-order valence-electron chi connectivity index (χ0n) is 13.1. The number of hydrogen-bond acceptors (Lipinski definition) is 2. The number of carboxylic acids is 1. The molecule has 0 aliphatic heterocycles. The first-order valence-corrected chi connectivity index (χ1v) is 7.73. The molecule has 2 N–H and O–H groups in total. The van der Waals surface area contributed by atoms with Gasteiger partial charge in [-0.2, -0.15) is 0 Å². The normalized spacial score (nSPS) is 17.2. The number of nitrogens with zero attached hydrogens (tertiary/aromatic N) is 1. The molecule has 0 radical (unpaired) electrons. The number of aryl methyl sites for hydroxylation is 1. The van der Waals surface area contributed by atoms with Crippen molar-refractivity contribution >= 4 is 11.9 Å². The molecule has 0 aromatic carbocycles. The summed E-state index contributed by atoms with van der Waals surface area (Å²) in [6.45, 7) is 2.69. The molecule has 0 bridgehead atoms. The molecule has 1 aromatic heterocycles. The van der Waals surface area contributed by atoms with Crippen LogP contribution in [0.2, 0.25) is 0 Å². The summed E-state index contributed by atoms with van der Waals surface area (Å²) in [5.41, 5.74) is 2.24. The van der Waals surface area contributed by atoms with E-state index in [0.29, 0.717) is 11.6 Å². The van der Waals surface area contributed by atoms with E-state index in [9.17, 15) is 14.0 Å². The molecule has 1 aliphatic carbocycles. The van der Waals surface area contributed by atoms with Gasteiger partial charge in [0, 0.05) is 17.4 Å². The largest absolute Gasteiger partial charge is 0.480 e. The fourth-order valence-corrected chi connectivity index (χ4v) is 3.31. The van der Waals surface area contributed by atoms with Gasteiger partial charge in [-0.3, -0.25) is 4.79 Å². The third-order valence-corrected chi connectivity index (χ3v) is 4.43. The monoisotopic (exact) mass is 310 g/mol. The molecule has 1 saturated carbocycles. The fraction of sp³-hybridized carbons (Fsp3) is 0.625. The number of carboxylic acid groups (broad SMARTS) is 1. The van der Waals surface area contributed by atoms with Gasteiger partial charge in [-0.15, -0.1) is 0 Å². The summed E-state index contributed by atoms with van der Waals surface area (Å²) in [5, 5.41) is 11.1. The molecule has 0 spiro atoms. The Hall–Kier alpha value is -1.85. The fourth-order valence-electron chi connectivity index (χ4n) is 3.31.